The maximum absolute atomic E-state index is 5.63. The highest BCUT2D eigenvalue weighted by Crippen LogP contribution is 2.42. The Morgan fingerprint density at radius 3 is 2.61 bits per heavy atom. The Bertz CT molecular complexity index is 375. The number of hydrogen-bond acceptors (Lipinski definition) is 5. The van der Waals surface area contributed by atoms with E-state index in [-0.39, 0.29) is 5.60 Å². The molecule has 5 nitrogen and oxygen atoms in total. The van der Waals surface area contributed by atoms with Crippen LogP contribution in [0.15, 0.2) is 6.07 Å². The minimum atomic E-state index is -0.284. The summed E-state index contributed by atoms with van der Waals surface area (Å²) in [7, 11) is 3.41. The van der Waals surface area contributed by atoms with Crippen molar-refractivity contribution in [2.24, 2.45) is 0 Å². The highest BCUT2D eigenvalue weighted by atomic mass is 16.5. The van der Waals surface area contributed by atoms with Gasteiger partial charge in [-0.25, -0.2) is 9.97 Å². The third kappa shape index (κ3) is 2.47. The predicted octanol–water partition coefficient (Wildman–Crippen LogP) is 2.08. The van der Waals surface area contributed by atoms with Gasteiger partial charge >= 0.3 is 0 Å². The molecule has 1 N–H and O–H groups in total. The summed E-state index contributed by atoms with van der Waals surface area (Å²) in [4.78, 5) is 9.14. The van der Waals surface area contributed by atoms with Gasteiger partial charge in [-0.3, -0.25) is 0 Å². The van der Waals surface area contributed by atoms with Crippen LogP contribution in [0.2, 0.25) is 0 Å². The molecule has 0 bridgehead atoms. The third-order valence-corrected chi connectivity index (χ3v) is 3.39. The molecule has 100 valence electrons. The van der Waals surface area contributed by atoms with Crippen molar-refractivity contribution in [3.8, 4) is 0 Å². The zero-order chi connectivity index (χ0) is 13.0. The first kappa shape index (κ1) is 13.2. The van der Waals surface area contributed by atoms with Gasteiger partial charge in [-0.15, -0.1) is 0 Å². The second-order valence-corrected chi connectivity index (χ2v) is 4.58. The molecule has 5 heteroatoms. The summed E-state index contributed by atoms with van der Waals surface area (Å²) in [5.41, 5.74) is 0.607. The fourth-order valence-electron chi connectivity index (χ4n) is 2.21. The third-order valence-electron chi connectivity index (χ3n) is 3.39. The molecule has 1 aliphatic rings. The van der Waals surface area contributed by atoms with Crippen molar-refractivity contribution in [1.29, 1.82) is 0 Å². The van der Waals surface area contributed by atoms with Gasteiger partial charge in [0.25, 0.3) is 0 Å². The summed E-state index contributed by atoms with van der Waals surface area (Å²) in [6, 6.07) is 1.93. The van der Waals surface area contributed by atoms with Crippen molar-refractivity contribution in [3.63, 3.8) is 0 Å². The molecule has 0 unspecified atom stereocenters. The molecule has 0 aliphatic heterocycles. The van der Waals surface area contributed by atoms with Gasteiger partial charge in [0.1, 0.15) is 11.4 Å². The van der Waals surface area contributed by atoms with Gasteiger partial charge < -0.3 is 14.8 Å². The average molecular weight is 251 g/mol. The van der Waals surface area contributed by atoms with Crippen molar-refractivity contribution in [3.05, 3.63) is 17.6 Å². The molecular formula is C13H21N3O2. The number of ether oxygens (including phenoxy) is 2. The number of rotatable bonds is 6. The molecule has 2 rings (SSSR count). The fraction of sp³-hybridized carbons (Fsp3) is 0.692. The van der Waals surface area contributed by atoms with Gasteiger partial charge in [0.15, 0.2) is 5.82 Å². The monoisotopic (exact) mass is 251 g/mol. The molecule has 1 aromatic rings. The van der Waals surface area contributed by atoms with Crippen LogP contribution in [0.1, 0.15) is 37.7 Å². The molecule has 1 aromatic heterocycles. The number of hydrogen-bond donors (Lipinski definition) is 1. The van der Waals surface area contributed by atoms with Crippen LogP contribution in [0.3, 0.4) is 0 Å². The number of anilines is 1. The summed E-state index contributed by atoms with van der Waals surface area (Å²) in [5.74, 6) is 1.62. The van der Waals surface area contributed by atoms with Gasteiger partial charge in [0.2, 0.25) is 0 Å². The maximum atomic E-state index is 5.63. The van der Waals surface area contributed by atoms with Crippen molar-refractivity contribution in [2.45, 2.75) is 38.4 Å². The van der Waals surface area contributed by atoms with Crippen molar-refractivity contribution in [2.75, 3.05) is 26.1 Å². The SMILES string of the molecule is CCNc1cc(COC)nc(C2(OC)CCC2)n1. The Labute approximate surface area is 108 Å². The first-order valence-corrected chi connectivity index (χ1v) is 6.40. The molecule has 0 spiro atoms. The van der Waals surface area contributed by atoms with Crippen LogP contribution in [0.5, 0.6) is 0 Å². The number of aromatic nitrogens is 2. The normalized spacial score (nSPS) is 17.3. The number of methoxy groups -OCH3 is 2. The molecule has 0 atom stereocenters. The van der Waals surface area contributed by atoms with Gasteiger partial charge in [0.05, 0.1) is 12.3 Å². The highest BCUT2D eigenvalue weighted by Gasteiger charge is 2.42. The van der Waals surface area contributed by atoms with E-state index in [1.807, 2.05) is 13.0 Å². The van der Waals surface area contributed by atoms with Crippen molar-refractivity contribution in [1.82, 2.24) is 9.97 Å². The standard InChI is InChI=1S/C13H21N3O2/c1-4-14-11-8-10(9-17-2)15-12(16-11)13(18-3)6-5-7-13/h8H,4-7,9H2,1-3H3,(H,14,15,16). The summed E-state index contributed by atoms with van der Waals surface area (Å²) < 4.78 is 10.8. The van der Waals surface area contributed by atoms with E-state index in [4.69, 9.17) is 9.47 Å². The topological polar surface area (TPSA) is 56.3 Å². The van der Waals surface area contributed by atoms with E-state index in [9.17, 15) is 0 Å². The van der Waals surface area contributed by atoms with Crippen molar-refractivity contribution < 1.29 is 9.47 Å². The van der Waals surface area contributed by atoms with Crippen LogP contribution >= 0.6 is 0 Å². The lowest BCUT2D eigenvalue weighted by atomic mass is 9.79. The molecule has 1 aliphatic carbocycles. The quantitative estimate of drug-likeness (QED) is 0.839. The smallest absolute Gasteiger partial charge is 0.162 e. The average Bonchev–Trinajstić information content (AvgIpc) is 2.29. The summed E-state index contributed by atoms with van der Waals surface area (Å²) in [6.07, 6.45) is 3.15. The van der Waals surface area contributed by atoms with Gasteiger partial charge in [0, 0.05) is 26.8 Å². The number of nitrogens with zero attached hydrogens (tertiary/aromatic N) is 2. The lowest BCUT2D eigenvalue weighted by Crippen LogP contribution is -2.38. The van der Waals surface area contributed by atoms with Crippen LogP contribution in [-0.2, 0) is 21.7 Å². The summed E-state index contributed by atoms with van der Waals surface area (Å²) in [5, 5.41) is 3.23. The molecule has 18 heavy (non-hydrogen) atoms. The van der Waals surface area contributed by atoms with E-state index in [1.54, 1.807) is 14.2 Å². The van der Waals surface area contributed by atoms with Crippen LogP contribution in [0.4, 0.5) is 5.82 Å². The van der Waals surface area contributed by atoms with E-state index < -0.39 is 0 Å². The van der Waals surface area contributed by atoms with Gasteiger partial charge in [-0.2, -0.15) is 0 Å². The molecule has 0 aromatic carbocycles. The van der Waals surface area contributed by atoms with E-state index >= 15 is 0 Å². The largest absolute Gasteiger partial charge is 0.378 e. The zero-order valence-electron chi connectivity index (χ0n) is 11.3. The molecule has 1 saturated carbocycles. The maximum Gasteiger partial charge on any atom is 0.162 e. The Morgan fingerprint density at radius 1 is 1.33 bits per heavy atom. The van der Waals surface area contributed by atoms with E-state index in [0.717, 1.165) is 36.7 Å². The van der Waals surface area contributed by atoms with E-state index in [1.165, 1.54) is 6.42 Å². The Hall–Kier alpha value is -1.20. The van der Waals surface area contributed by atoms with E-state index in [2.05, 4.69) is 15.3 Å². The predicted molar refractivity (Wildman–Crippen MR) is 69.4 cm³/mol. The van der Waals surface area contributed by atoms with Crippen molar-refractivity contribution >= 4 is 5.82 Å². The van der Waals surface area contributed by atoms with Gasteiger partial charge in [-0.1, -0.05) is 0 Å². The van der Waals surface area contributed by atoms with Crippen LogP contribution in [0, 0.1) is 0 Å². The minimum Gasteiger partial charge on any atom is -0.378 e. The fourth-order valence-corrected chi connectivity index (χ4v) is 2.21. The van der Waals surface area contributed by atoms with Crippen LogP contribution < -0.4 is 5.32 Å². The first-order valence-electron chi connectivity index (χ1n) is 6.40. The highest BCUT2D eigenvalue weighted by molar-refractivity contribution is 5.37. The van der Waals surface area contributed by atoms with Crippen LogP contribution in [0.25, 0.3) is 0 Å². The van der Waals surface area contributed by atoms with E-state index in [0.29, 0.717) is 6.61 Å². The Morgan fingerprint density at radius 2 is 2.11 bits per heavy atom. The Balaban J connectivity index is 2.33. The summed E-state index contributed by atoms with van der Waals surface area (Å²) in [6.45, 7) is 3.38. The Kier molecular flexibility index (Phi) is 4.14. The lowest BCUT2D eigenvalue weighted by Gasteiger charge is -2.39. The second kappa shape index (κ2) is 5.63. The molecule has 0 saturated heterocycles. The summed E-state index contributed by atoms with van der Waals surface area (Å²) >= 11 is 0. The van der Waals surface area contributed by atoms with Crippen LogP contribution in [-0.4, -0.2) is 30.7 Å². The van der Waals surface area contributed by atoms with Gasteiger partial charge in [-0.05, 0) is 26.2 Å². The zero-order valence-corrected chi connectivity index (χ0v) is 11.3. The minimum absolute atomic E-state index is 0.284. The molecule has 1 fully saturated rings. The number of nitrogens with one attached hydrogen (secondary N) is 1. The second-order valence-electron chi connectivity index (χ2n) is 4.58. The molecular weight excluding hydrogens is 230 g/mol. The first-order chi connectivity index (χ1) is 8.74. The molecule has 0 amide bonds. The lowest BCUT2D eigenvalue weighted by molar-refractivity contribution is -0.0848. The molecule has 0 radical (unpaired) electrons. The molecule has 1 heterocycles.